The van der Waals surface area contributed by atoms with Gasteiger partial charge in [-0.3, -0.25) is 9.69 Å². The summed E-state index contributed by atoms with van der Waals surface area (Å²) in [4.78, 5) is 18.3. The fraction of sp³-hybridized carbons (Fsp3) is 0.450. The molecule has 0 radical (unpaired) electrons. The molecule has 3 atom stereocenters. The molecule has 2 aliphatic rings. The number of fused-ring (bicyclic) bond motifs is 2. The van der Waals surface area contributed by atoms with E-state index in [1.54, 1.807) is 0 Å². The zero-order valence-electron chi connectivity index (χ0n) is 14.2. The third kappa shape index (κ3) is 2.41. The van der Waals surface area contributed by atoms with Gasteiger partial charge in [-0.1, -0.05) is 25.1 Å². The highest BCUT2D eigenvalue weighted by Gasteiger charge is 2.35. The van der Waals surface area contributed by atoms with Crippen LogP contribution >= 0.6 is 0 Å². The Morgan fingerprint density at radius 1 is 1.46 bits per heavy atom. The maximum absolute atomic E-state index is 12.6. The number of aromatic amines is 1. The second-order valence-corrected chi connectivity index (χ2v) is 7.39. The predicted molar refractivity (Wildman–Crippen MR) is 95.8 cm³/mol. The number of nitrogens with one attached hydrogen (secondary N) is 1. The number of likely N-dealkylation sites (N-methyl/N-ethyl adjacent to an activating group) is 1. The van der Waals surface area contributed by atoms with Gasteiger partial charge in [-0.25, -0.2) is 0 Å². The Hall–Kier alpha value is -1.91. The maximum Gasteiger partial charge on any atom is 0.141 e. The smallest absolute Gasteiger partial charge is 0.141 e. The summed E-state index contributed by atoms with van der Waals surface area (Å²) in [6.45, 7) is 2.76. The van der Waals surface area contributed by atoms with Crippen LogP contribution in [0.15, 0.2) is 30.5 Å². The van der Waals surface area contributed by atoms with E-state index in [9.17, 15) is 9.90 Å². The van der Waals surface area contributed by atoms with Gasteiger partial charge < -0.3 is 10.1 Å². The average Bonchev–Trinajstić information content (AvgIpc) is 3.00. The fourth-order valence-electron chi connectivity index (χ4n) is 4.21. The maximum atomic E-state index is 12.6. The number of hydrogen-bond donors (Lipinski definition) is 2. The number of carbonyl (C=O) groups is 1. The van der Waals surface area contributed by atoms with Crippen molar-refractivity contribution in [2.45, 2.75) is 25.8 Å². The van der Waals surface area contributed by atoms with Crippen LogP contribution in [0.25, 0.3) is 16.5 Å². The molecule has 2 aromatic rings. The molecule has 1 aliphatic carbocycles. The number of aliphatic hydroxyl groups is 1. The minimum absolute atomic E-state index is 0.0324. The summed E-state index contributed by atoms with van der Waals surface area (Å²) >= 11 is 0. The van der Waals surface area contributed by atoms with Crippen LogP contribution in [0.3, 0.4) is 0 Å². The molecule has 4 heteroatoms. The van der Waals surface area contributed by atoms with Crippen LogP contribution in [0, 0.1) is 11.8 Å². The molecule has 0 unspecified atom stereocenters. The topological polar surface area (TPSA) is 56.3 Å². The van der Waals surface area contributed by atoms with Crippen molar-refractivity contribution in [2.24, 2.45) is 11.8 Å². The minimum Gasteiger partial charge on any atom is -0.396 e. The van der Waals surface area contributed by atoms with Crippen molar-refractivity contribution in [3.8, 4) is 0 Å². The molecule has 24 heavy (non-hydrogen) atoms. The molecule has 1 aliphatic heterocycles. The second-order valence-electron chi connectivity index (χ2n) is 7.39. The SMILES string of the molecule is C[C@@H](CO)CC(=O)[C@@H]1C=C2c3cccc4[nH]cc(c34)C[C@H]2N(C)C1. The van der Waals surface area contributed by atoms with Crippen LogP contribution in [0.2, 0.25) is 0 Å². The Labute approximate surface area is 142 Å². The first-order chi connectivity index (χ1) is 11.6. The van der Waals surface area contributed by atoms with Crippen molar-refractivity contribution in [1.29, 1.82) is 0 Å². The van der Waals surface area contributed by atoms with Crippen molar-refractivity contribution < 1.29 is 9.90 Å². The van der Waals surface area contributed by atoms with Gasteiger partial charge in [0.05, 0.1) is 0 Å². The van der Waals surface area contributed by atoms with Gasteiger partial charge in [0.2, 0.25) is 0 Å². The molecule has 4 rings (SSSR count). The largest absolute Gasteiger partial charge is 0.396 e. The van der Waals surface area contributed by atoms with Gasteiger partial charge in [-0.05, 0) is 42.2 Å². The van der Waals surface area contributed by atoms with E-state index >= 15 is 0 Å². The first-order valence-corrected chi connectivity index (χ1v) is 8.73. The van der Waals surface area contributed by atoms with Crippen molar-refractivity contribution in [1.82, 2.24) is 9.88 Å². The molecule has 0 saturated carbocycles. The highest BCUT2D eigenvalue weighted by Crippen LogP contribution is 2.41. The van der Waals surface area contributed by atoms with E-state index in [2.05, 4.69) is 47.4 Å². The normalized spacial score (nSPS) is 24.5. The lowest BCUT2D eigenvalue weighted by Crippen LogP contribution is -2.44. The monoisotopic (exact) mass is 324 g/mol. The number of Topliss-reactive ketones (excluding diaryl/α,β-unsaturated/α-hetero) is 1. The average molecular weight is 324 g/mol. The number of hydrogen-bond acceptors (Lipinski definition) is 3. The first-order valence-electron chi connectivity index (χ1n) is 8.73. The Morgan fingerprint density at radius 3 is 3.08 bits per heavy atom. The summed E-state index contributed by atoms with van der Waals surface area (Å²) in [6, 6.07) is 6.72. The van der Waals surface area contributed by atoms with E-state index in [0.717, 1.165) is 13.0 Å². The summed E-state index contributed by atoms with van der Waals surface area (Å²) in [5, 5.41) is 10.5. The Morgan fingerprint density at radius 2 is 2.29 bits per heavy atom. The number of aromatic nitrogens is 1. The van der Waals surface area contributed by atoms with Gasteiger partial charge in [0.15, 0.2) is 0 Å². The van der Waals surface area contributed by atoms with Crippen LogP contribution in [-0.2, 0) is 11.2 Å². The molecule has 1 aromatic heterocycles. The number of nitrogens with zero attached hydrogens (tertiary/aromatic N) is 1. The summed E-state index contributed by atoms with van der Waals surface area (Å²) < 4.78 is 0. The number of carbonyl (C=O) groups excluding carboxylic acids is 1. The van der Waals surface area contributed by atoms with Crippen LogP contribution in [-0.4, -0.2) is 47.0 Å². The van der Waals surface area contributed by atoms with Crippen LogP contribution in [0.1, 0.15) is 24.5 Å². The summed E-state index contributed by atoms with van der Waals surface area (Å²) in [6.07, 6.45) is 5.76. The Bertz CT molecular complexity index is 820. The minimum atomic E-state index is -0.0778. The highest BCUT2D eigenvalue weighted by atomic mass is 16.3. The lowest BCUT2D eigenvalue weighted by molar-refractivity contribution is -0.123. The first kappa shape index (κ1) is 15.6. The van der Waals surface area contributed by atoms with E-state index in [1.165, 1.54) is 27.6 Å². The van der Waals surface area contributed by atoms with Crippen LogP contribution in [0.5, 0.6) is 0 Å². The van der Waals surface area contributed by atoms with E-state index in [0.29, 0.717) is 12.5 Å². The van der Waals surface area contributed by atoms with Gasteiger partial charge in [-0.2, -0.15) is 0 Å². The van der Waals surface area contributed by atoms with Crippen molar-refractivity contribution in [2.75, 3.05) is 20.2 Å². The van der Waals surface area contributed by atoms with Gasteiger partial charge in [0, 0.05) is 48.6 Å². The van der Waals surface area contributed by atoms with Crippen LogP contribution < -0.4 is 0 Å². The Balaban J connectivity index is 1.75. The van der Waals surface area contributed by atoms with E-state index in [1.807, 2.05) is 6.92 Å². The molecule has 126 valence electrons. The molecule has 4 nitrogen and oxygen atoms in total. The lowest BCUT2D eigenvalue weighted by atomic mass is 9.78. The van der Waals surface area contributed by atoms with Crippen molar-refractivity contribution in [3.05, 3.63) is 41.6 Å². The second kappa shape index (κ2) is 5.87. The molecule has 0 bridgehead atoms. The molecule has 1 aromatic carbocycles. The molecule has 2 heterocycles. The number of ketones is 1. The molecular formula is C20H24N2O2. The van der Waals surface area contributed by atoms with Crippen LogP contribution in [0.4, 0.5) is 0 Å². The molecule has 0 saturated heterocycles. The molecule has 0 spiro atoms. The third-order valence-electron chi connectivity index (χ3n) is 5.54. The zero-order chi connectivity index (χ0) is 16.8. The van der Waals surface area contributed by atoms with Gasteiger partial charge in [0.1, 0.15) is 5.78 Å². The number of aliphatic hydroxyl groups excluding tert-OH is 1. The fourth-order valence-corrected chi connectivity index (χ4v) is 4.21. The molecule has 0 fully saturated rings. The third-order valence-corrected chi connectivity index (χ3v) is 5.54. The Kier molecular flexibility index (Phi) is 3.82. The van der Waals surface area contributed by atoms with E-state index in [-0.39, 0.29) is 24.2 Å². The molecule has 0 amide bonds. The summed E-state index contributed by atoms with van der Waals surface area (Å²) in [5.41, 5.74) is 5.09. The zero-order valence-corrected chi connectivity index (χ0v) is 14.2. The van der Waals surface area contributed by atoms with Gasteiger partial charge in [0.25, 0.3) is 0 Å². The highest BCUT2D eigenvalue weighted by molar-refractivity contribution is 5.99. The number of rotatable bonds is 4. The van der Waals surface area contributed by atoms with Crippen molar-refractivity contribution >= 4 is 22.3 Å². The predicted octanol–water partition coefficient (Wildman–Crippen LogP) is 2.63. The molecule has 2 N–H and O–H groups in total. The number of H-pyrrole nitrogens is 1. The summed E-state index contributed by atoms with van der Waals surface area (Å²) in [7, 11) is 2.12. The molecular weight excluding hydrogens is 300 g/mol. The van der Waals surface area contributed by atoms with Crippen molar-refractivity contribution in [3.63, 3.8) is 0 Å². The van der Waals surface area contributed by atoms with E-state index in [4.69, 9.17) is 0 Å². The number of benzene rings is 1. The van der Waals surface area contributed by atoms with E-state index < -0.39 is 0 Å². The van der Waals surface area contributed by atoms with Gasteiger partial charge in [-0.15, -0.1) is 0 Å². The lowest BCUT2D eigenvalue weighted by Gasteiger charge is -2.39. The standard InChI is InChI=1S/C20H24N2O2/c1-12(11-23)6-19(24)14-7-16-15-4-3-5-17-20(15)13(9-21-17)8-18(16)22(2)10-14/h3-5,7,9,12,14,18,21,23H,6,8,10-11H2,1-2H3/t12-,14-,18-/m1/s1. The van der Waals surface area contributed by atoms with Gasteiger partial charge >= 0.3 is 0 Å². The quantitative estimate of drug-likeness (QED) is 0.909. The summed E-state index contributed by atoms with van der Waals surface area (Å²) in [5.74, 6) is 0.192.